The van der Waals surface area contributed by atoms with Crippen LogP contribution < -0.4 is 4.90 Å². The second-order valence-corrected chi connectivity index (χ2v) is 4.02. The molecule has 1 heterocycles. The van der Waals surface area contributed by atoms with Crippen LogP contribution in [0.5, 0.6) is 0 Å². The Morgan fingerprint density at radius 1 is 1.53 bits per heavy atom. The summed E-state index contributed by atoms with van der Waals surface area (Å²) in [5.74, 6) is 0. The minimum Gasteiger partial charge on any atom is -0.391 e. The molecule has 0 saturated carbocycles. The molecule has 0 bridgehead atoms. The summed E-state index contributed by atoms with van der Waals surface area (Å²) in [6.07, 6.45) is 0.538. The zero-order valence-electron chi connectivity index (χ0n) is 8.77. The monoisotopic (exact) mass is 202 g/mol. The van der Waals surface area contributed by atoms with Gasteiger partial charge in [0.25, 0.3) is 0 Å². The van der Waals surface area contributed by atoms with Crippen molar-refractivity contribution >= 4 is 5.69 Å². The predicted molar refractivity (Wildman–Crippen MR) is 58.7 cm³/mol. The Morgan fingerprint density at radius 3 is 2.93 bits per heavy atom. The fourth-order valence-electron chi connectivity index (χ4n) is 1.96. The number of hydrogen-bond acceptors (Lipinski definition) is 3. The van der Waals surface area contributed by atoms with Crippen LogP contribution in [0.1, 0.15) is 17.5 Å². The van der Waals surface area contributed by atoms with Gasteiger partial charge < -0.3 is 10.0 Å². The largest absolute Gasteiger partial charge is 0.391 e. The van der Waals surface area contributed by atoms with Crippen LogP contribution in [0.2, 0.25) is 0 Å². The number of β-amino-alcohol motifs (C(OH)–C–C–N with tert-alkyl or cyclic N) is 1. The Balaban J connectivity index is 2.34. The third-order valence-corrected chi connectivity index (χ3v) is 2.78. The molecule has 0 radical (unpaired) electrons. The fraction of sp³-hybridized carbons (Fsp3) is 0.417. The molecule has 1 fully saturated rings. The molecular formula is C12H14N2O. The van der Waals surface area contributed by atoms with Crippen molar-refractivity contribution in [2.75, 3.05) is 18.0 Å². The molecule has 0 aromatic heterocycles. The van der Waals surface area contributed by atoms with Gasteiger partial charge in [-0.2, -0.15) is 5.26 Å². The molecule has 1 aromatic rings. The lowest BCUT2D eigenvalue weighted by Gasteiger charge is -2.19. The number of nitrogens with zero attached hydrogens (tertiary/aromatic N) is 2. The Bertz CT molecular complexity index is 409. The van der Waals surface area contributed by atoms with Crippen LogP contribution in [0.4, 0.5) is 5.69 Å². The Morgan fingerprint density at radius 2 is 2.33 bits per heavy atom. The van der Waals surface area contributed by atoms with Crippen molar-refractivity contribution in [3.63, 3.8) is 0 Å². The molecule has 1 saturated heterocycles. The highest BCUT2D eigenvalue weighted by Gasteiger charge is 2.22. The molecule has 3 heteroatoms. The minimum atomic E-state index is -0.253. The van der Waals surface area contributed by atoms with Crippen molar-refractivity contribution in [1.29, 1.82) is 5.26 Å². The first-order valence-corrected chi connectivity index (χ1v) is 5.14. The van der Waals surface area contributed by atoms with E-state index in [1.165, 1.54) is 0 Å². The van der Waals surface area contributed by atoms with Crippen molar-refractivity contribution in [2.45, 2.75) is 19.4 Å². The SMILES string of the molecule is Cc1ccc(C#N)c(N2CC[C@@H](O)C2)c1. The summed E-state index contributed by atoms with van der Waals surface area (Å²) < 4.78 is 0. The highest BCUT2D eigenvalue weighted by molar-refractivity contribution is 5.61. The third-order valence-electron chi connectivity index (χ3n) is 2.78. The molecule has 2 rings (SSSR count). The van der Waals surface area contributed by atoms with Gasteiger partial charge in [0.1, 0.15) is 6.07 Å². The van der Waals surface area contributed by atoms with Crippen LogP contribution in [-0.4, -0.2) is 24.3 Å². The van der Waals surface area contributed by atoms with E-state index >= 15 is 0 Å². The van der Waals surface area contributed by atoms with E-state index in [1.807, 2.05) is 25.1 Å². The number of benzene rings is 1. The maximum absolute atomic E-state index is 9.47. The van der Waals surface area contributed by atoms with Crippen molar-refractivity contribution in [1.82, 2.24) is 0 Å². The molecular weight excluding hydrogens is 188 g/mol. The Hall–Kier alpha value is -1.53. The van der Waals surface area contributed by atoms with E-state index in [4.69, 9.17) is 5.26 Å². The van der Waals surface area contributed by atoms with Gasteiger partial charge in [-0.1, -0.05) is 6.07 Å². The fourth-order valence-corrected chi connectivity index (χ4v) is 1.96. The van der Waals surface area contributed by atoms with Crippen LogP contribution in [0.25, 0.3) is 0 Å². The number of aliphatic hydroxyl groups excluding tert-OH is 1. The maximum atomic E-state index is 9.47. The standard InChI is InChI=1S/C12H14N2O/c1-9-2-3-10(7-13)12(6-9)14-5-4-11(15)8-14/h2-3,6,11,15H,4-5,8H2,1H3/t11-/m1/s1. The van der Waals surface area contributed by atoms with E-state index in [9.17, 15) is 5.11 Å². The van der Waals surface area contributed by atoms with E-state index in [-0.39, 0.29) is 6.10 Å². The summed E-state index contributed by atoms with van der Waals surface area (Å²) in [6, 6.07) is 7.98. The van der Waals surface area contributed by atoms with Gasteiger partial charge in [0, 0.05) is 13.1 Å². The minimum absolute atomic E-state index is 0.253. The molecule has 1 aliphatic rings. The summed E-state index contributed by atoms with van der Waals surface area (Å²) in [4.78, 5) is 2.08. The number of hydrogen-bond donors (Lipinski definition) is 1. The van der Waals surface area contributed by atoms with E-state index in [1.54, 1.807) is 0 Å². The zero-order valence-corrected chi connectivity index (χ0v) is 8.77. The first-order chi connectivity index (χ1) is 7.20. The van der Waals surface area contributed by atoms with Gasteiger partial charge in [-0.05, 0) is 31.0 Å². The van der Waals surface area contributed by atoms with E-state index in [2.05, 4.69) is 11.0 Å². The van der Waals surface area contributed by atoms with Crippen molar-refractivity contribution in [3.8, 4) is 6.07 Å². The van der Waals surface area contributed by atoms with Crippen molar-refractivity contribution < 1.29 is 5.11 Å². The molecule has 1 atom stereocenters. The summed E-state index contributed by atoms with van der Waals surface area (Å²) in [5.41, 5.74) is 2.79. The van der Waals surface area contributed by atoms with Gasteiger partial charge in [0.2, 0.25) is 0 Å². The smallest absolute Gasteiger partial charge is 0.101 e. The summed E-state index contributed by atoms with van der Waals surface area (Å²) in [7, 11) is 0. The Labute approximate surface area is 89.6 Å². The average Bonchev–Trinajstić information content (AvgIpc) is 2.65. The first kappa shape index (κ1) is 10.0. The molecule has 1 aliphatic heterocycles. The molecule has 3 nitrogen and oxygen atoms in total. The van der Waals surface area contributed by atoms with Gasteiger partial charge >= 0.3 is 0 Å². The van der Waals surface area contributed by atoms with Crippen LogP contribution in [0.15, 0.2) is 18.2 Å². The van der Waals surface area contributed by atoms with Gasteiger partial charge in [-0.3, -0.25) is 0 Å². The number of aliphatic hydroxyl groups is 1. The second kappa shape index (κ2) is 3.92. The number of nitriles is 1. The topological polar surface area (TPSA) is 47.3 Å². The molecule has 15 heavy (non-hydrogen) atoms. The van der Waals surface area contributed by atoms with Crippen LogP contribution >= 0.6 is 0 Å². The second-order valence-electron chi connectivity index (χ2n) is 4.02. The number of anilines is 1. The molecule has 78 valence electrons. The predicted octanol–water partition coefficient (Wildman–Crippen LogP) is 1.44. The molecule has 1 aromatic carbocycles. The van der Waals surface area contributed by atoms with E-state index in [0.29, 0.717) is 12.1 Å². The first-order valence-electron chi connectivity index (χ1n) is 5.14. The van der Waals surface area contributed by atoms with Crippen molar-refractivity contribution in [3.05, 3.63) is 29.3 Å². The molecule has 0 aliphatic carbocycles. The third kappa shape index (κ3) is 1.95. The quantitative estimate of drug-likeness (QED) is 0.749. The Kier molecular flexibility index (Phi) is 2.61. The summed E-state index contributed by atoms with van der Waals surface area (Å²) in [6.45, 7) is 3.48. The van der Waals surface area contributed by atoms with Crippen LogP contribution in [0.3, 0.4) is 0 Å². The lowest BCUT2D eigenvalue weighted by atomic mass is 10.1. The van der Waals surface area contributed by atoms with Crippen molar-refractivity contribution in [2.24, 2.45) is 0 Å². The summed E-state index contributed by atoms with van der Waals surface area (Å²) >= 11 is 0. The highest BCUT2D eigenvalue weighted by atomic mass is 16.3. The lowest BCUT2D eigenvalue weighted by Crippen LogP contribution is -2.22. The lowest BCUT2D eigenvalue weighted by molar-refractivity contribution is 0.198. The number of rotatable bonds is 1. The van der Waals surface area contributed by atoms with Crippen LogP contribution in [0, 0.1) is 18.3 Å². The van der Waals surface area contributed by atoms with Gasteiger partial charge in [0.05, 0.1) is 17.4 Å². The van der Waals surface area contributed by atoms with Gasteiger partial charge in [0.15, 0.2) is 0 Å². The zero-order chi connectivity index (χ0) is 10.8. The maximum Gasteiger partial charge on any atom is 0.101 e. The van der Waals surface area contributed by atoms with Crippen LogP contribution in [-0.2, 0) is 0 Å². The molecule has 1 N–H and O–H groups in total. The number of aryl methyl sites for hydroxylation is 1. The molecule has 0 unspecified atom stereocenters. The molecule has 0 amide bonds. The van der Waals surface area contributed by atoms with E-state index < -0.39 is 0 Å². The van der Waals surface area contributed by atoms with Gasteiger partial charge in [-0.25, -0.2) is 0 Å². The average molecular weight is 202 g/mol. The highest BCUT2D eigenvalue weighted by Crippen LogP contribution is 2.25. The summed E-state index contributed by atoms with van der Waals surface area (Å²) in [5, 5.41) is 18.5. The normalized spacial score (nSPS) is 20.3. The molecule has 0 spiro atoms. The van der Waals surface area contributed by atoms with Gasteiger partial charge in [-0.15, -0.1) is 0 Å². The van der Waals surface area contributed by atoms with E-state index in [0.717, 1.165) is 24.2 Å².